The van der Waals surface area contributed by atoms with Gasteiger partial charge in [-0.3, -0.25) is 0 Å². The SMILES string of the molecule is CNC(c1ccc(C(=O)OC)o1)c1ccc(Cl)cc1F. The fourth-order valence-electron chi connectivity index (χ4n) is 1.90. The van der Waals surface area contributed by atoms with Crippen LogP contribution >= 0.6 is 11.6 Å². The fraction of sp³-hybridized carbons (Fsp3) is 0.214. The van der Waals surface area contributed by atoms with Crippen LogP contribution in [0.5, 0.6) is 0 Å². The molecule has 0 fully saturated rings. The molecule has 6 heteroatoms. The Balaban J connectivity index is 2.37. The molecule has 1 aromatic carbocycles. The number of ether oxygens (including phenoxy) is 1. The van der Waals surface area contributed by atoms with E-state index in [4.69, 9.17) is 16.0 Å². The minimum atomic E-state index is -0.581. The number of hydrogen-bond acceptors (Lipinski definition) is 4. The summed E-state index contributed by atoms with van der Waals surface area (Å²) >= 11 is 5.73. The van der Waals surface area contributed by atoms with E-state index in [0.29, 0.717) is 16.3 Å². The summed E-state index contributed by atoms with van der Waals surface area (Å²) in [6.45, 7) is 0. The second kappa shape index (κ2) is 6.07. The number of nitrogens with one attached hydrogen (secondary N) is 1. The summed E-state index contributed by atoms with van der Waals surface area (Å²) in [7, 11) is 2.93. The van der Waals surface area contributed by atoms with Crippen LogP contribution in [-0.2, 0) is 4.74 Å². The summed E-state index contributed by atoms with van der Waals surface area (Å²) in [6.07, 6.45) is 0. The second-order valence-electron chi connectivity index (χ2n) is 4.08. The van der Waals surface area contributed by atoms with E-state index in [0.717, 1.165) is 0 Å². The summed E-state index contributed by atoms with van der Waals surface area (Å²) in [4.78, 5) is 11.4. The Morgan fingerprint density at radius 2 is 2.15 bits per heavy atom. The average Bonchev–Trinajstić information content (AvgIpc) is 2.90. The lowest BCUT2D eigenvalue weighted by Crippen LogP contribution is -2.18. The monoisotopic (exact) mass is 297 g/mol. The van der Waals surface area contributed by atoms with E-state index in [-0.39, 0.29) is 5.76 Å². The highest BCUT2D eigenvalue weighted by atomic mass is 35.5. The zero-order chi connectivity index (χ0) is 14.7. The highest BCUT2D eigenvalue weighted by Gasteiger charge is 2.21. The van der Waals surface area contributed by atoms with Crippen LogP contribution in [0.1, 0.15) is 27.9 Å². The van der Waals surface area contributed by atoms with Gasteiger partial charge in [0.15, 0.2) is 0 Å². The van der Waals surface area contributed by atoms with Gasteiger partial charge in [0.25, 0.3) is 0 Å². The molecule has 1 heterocycles. The fourth-order valence-corrected chi connectivity index (χ4v) is 2.06. The molecule has 106 valence electrons. The van der Waals surface area contributed by atoms with Gasteiger partial charge in [-0.1, -0.05) is 17.7 Å². The van der Waals surface area contributed by atoms with Crippen LogP contribution in [0.15, 0.2) is 34.7 Å². The van der Waals surface area contributed by atoms with Crippen LogP contribution in [0.2, 0.25) is 5.02 Å². The normalized spacial score (nSPS) is 12.2. The van der Waals surface area contributed by atoms with Gasteiger partial charge in [0.05, 0.1) is 13.2 Å². The summed E-state index contributed by atoms with van der Waals surface area (Å²) in [5.41, 5.74) is 0.377. The number of esters is 1. The molecule has 1 atom stereocenters. The first kappa shape index (κ1) is 14.6. The zero-order valence-corrected chi connectivity index (χ0v) is 11.7. The quantitative estimate of drug-likeness (QED) is 0.881. The van der Waals surface area contributed by atoms with Gasteiger partial charge in [0, 0.05) is 10.6 Å². The van der Waals surface area contributed by atoms with Crippen molar-refractivity contribution >= 4 is 17.6 Å². The molecular weight excluding hydrogens is 285 g/mol. The molecule has 0 saturated heterocycles. The van der Waals surface area contributed by atoms with Gasteiger partial charge in [-0.05, 0) is 31.3 Å². The van der Waals surface area contributed by atoms with Crippen molar-refractivity contribution in [1.82, 2.24) is 5.32 Å². The number of furan rings is 1. The second-order valence-corrected chi connectivity index (χ2v) is 4.52. The molecule has 0 aliphatic rings. The standard InChI is InChI=1S/C14H13ClFNO3/c1-17-13(9-4-3-8(15)7-10(9)16)11-5-6-12(20-11)14(18)19-2/h3-7,13,17H,1-2H3. The van der Waals surface area contributed by atoms with E-state index >= 15 is 0 Å². The van der Waals surface area contributed by atoms with Gasteiger partial charge in [-0.15, -0.1) is 0 Å². The van der Waals surface area contributed by atoms with Crippen molar-refractivity contribution in [3.05, 3.63) is 58.3 Å². The van der Waals surface area contributed by atoms with Crippen molar-refractivity contribution in [3.63, 3.8) is 0 Å². The lowest BCUT2D eigenvalue weighted by atomic mass is 10.0. The topological polar surface area (TPSA) is 51.5 Å². The molecular formula is C14H13ClFNO3. The van der Waals surface area contributed by atoms with Gasteiger partial charge in [0.1, 0.15) is 11.6 Å². The first-order chi connectivity index (χ1) is 9.56. The molecule has 1 unspecified atom stereocenters. The minimum absolute atomic E-state index is 0.0668. The van der Waals surface area contributed by atoms with Crippen LogP contribution in [0.25, 0.3) is 0 Å². The maximum absolute atomic E-state index is 13.9. The number of rotatable bonds is 4. The molecule has 0 bridgehead atoms. The lowest BCUT2D eigenvalue weighted by molar-refractivity contribution is 0.0562. The highest BCUT2D eigenvalue weighted by molar-refractivity contribution is 6.30. The maximum atomic E-state index is 13.9. The summed E-state index contributed by atoms with van der Waals surface area (Å²) in [5.74, 6) is -0.554. The molecule has 0 spiro atoms. The molecule has 1 aromatic heterocycles. The van der Waals surface area contributed by atoms with E-state index in [1.54, 1.807) is 25.2 Å². The third-order valence-electron chi connectivity index (χ3n) is 2.86. The highest BCUT2D eigenvalue weighted by Crippen LogP contribution is 2.27. The molecule has 0 aliphatic heterocycles. The van der Waals surface area contributed by atoms with Crippen LogP contribution < -0.4 is 5.32 Å². The zero-order valence-electron chi connectivity index (χ0n) is 10.9. The Hall–Kier alpha value is -1.85. The Labute approximate surface area is 120 Å². The van der Waals surface area contributed by atoms with E-state index in [9.17, 15) is 9.18 Å². The predicted octanol–water partition coefficient (Wildman–Crippen LogP) is 3.17. The summed E-state index contributed by atoms with van der Waals surface area (Å²) < 4.78 is 23.9. The maximum Gasteiger partial charge on any atom is 0.373 e. The van der Waals surface area contributed by atoms with Crippen molar-refractivity contribution in [2.75, 3.05) is 14.2 Å². The molecule has 2 rings (SSSR count). The average molecular weight is 298 g/mol. The molecule has 4 nitrogen and oxygen atoms in total. The van der Waals surface area contributed by atoms with Crippen LogP contribution in [0.4, 0.5) is 4.39 Å². The molecule has 0 saturated carbocycles. The van der Waals surface area contributed by atoms with Crippen LogP contribution in [0, 0.1) is 5.82 Å². The van der Waals surface area contributed by atoms with Crippen molar-refractivity contribution in [2.45, 2.75) is 6.04 Å². The first-order valence-corrected chi connectivity index (χ1v) is 6.25. The van der Waals surface area contributed by atoms with Crippen molar-refractivity contribution < 1.29 is 18.3 Å². The Bertz CT molecular complexity index is 627. The Morgan fingerprint density at radius 1 is 1.40 bits per heavy atom. The molecule has 2 aromatic rings. The predicted molar refractivity (Wildman–Crippen MR) is 72.4 cm³/mol. The Kier molecular flexibility index (Phi) is 4.42. The number of hydrogen-bond donors (Lipinski definition) is 1. The molecule has 20 heavy (non-hydrogen) atoms. The van der Waals surface area contributed by atoms with Crippen molar-refractivity contribution in [1.29, 1.82) is 0 Å². The summed E-state index contributed by atoms with van der Waals surface area (Å²) in [6, 6.07) is 6.95. The number of benzene rings is 1. The molecule has 0 amide bonds. The minimum Gasteiger partial charge on any atom is -0.463 e. The van der Waals surface area contributed by atoms with E-state index in [2.05, 4.69) is 10.1 Å². The molecule has 1 N–H and O–H groups in total. The lowest BCUT2D eigenvalue weighted by Gasteiger charge is -2.15. The van der Waals surface area contributed by atoms with E-state index < -0.39 is 17.8 Å². The largest absolute Gasteiger partial charge is 0.463 e. The van der Waals surface area contributed by atoms with Gasteiger partial charge < -0.3 is 14.5 Å². The third kappa shape index (κ3) is 2.84. The smallest absolute Gasteiger partial charge is 0.373 e. The van der Waals surface area contributed by atoms with Crippen molar-refractivity contribution in [2.24, 2.45) is 0 Å². The van der Waals surface area contributed by atoms with Crippen LogP contribution in [-0.4, -0.2) is 20.1 Å². The number of methoxy groups -OCH3 is 1. The number of carbonyl (C=O) groups excluding carboxylic acids is 1. The van der Waals surface area contributed by atoms with E-state index in [1.807, 2.05) is 0 Å². The van der Waals surface area contributed by atoms with Gasteiger partial charge in [-0.25, -0.2) is 9.18 Å². The summed E-state index contributed by atoms with van der Waals surface area (Å²) in [5, 5.41) is 3.25. The van der Waals surface area contributed by atoms with E-state index in [1.165, 1.54) is 19.2 Å². The Morgan fingerprint density at radius 3 is 2.75 bits per heavy atom. The van der Waals surface area contributed by atoms with Gasteiger partial charge in [0.2, 0.25) is 5.76 Å². The number of carbonyl (C=O) groups is 1. The third-order valence-corrected chi connectivity index (χ3v) is 3.10. The number of halogens is 2. The van der Waals surface area contributed by atoms with Gasteiger partial charge >= 0.3 is 5.97 Å². The van der Waals surface area contributed by atoms with Gasteiger partial charge in [-0.2, -0.15) is 0 Å². The van der Waals surface area contributed by atoms with Crippen LogP contribution in [0.3, 0.4) is 0 Å². The molecule has 0 aliphatic carbocycles. The first-order valence-electron chi connectivity index (χ1n) is 5.87. The van der Waals surface area contributed by atoms with Crippen molar-refractivity contribution in [3.8, 4) is 0 Å². The molecule has 0 radical (unpaired) electrons.